The fourth-order valence-corrected chi connectivity index (χ4v) is 0.862. The highest BCUT2D eigenvalue weighted by Gasteiger charge is 2.05. The highest BCUT2D eigenvalue weighted by Crippen LogP contribution is 2.10. The number of carbonyl (C=O) groups is 2. The van der Waals surface area contributed by atoms with Crippen LogP contribution < -0.4 is 11.5 Å². The van der Waals surface area contributed by atoms with Gasteiger partial charge in [-0.15, -0.1) is 0 Å². The summed E-state index contributed by atoms with van der Waals surface area (Å²) in [4.78, 5) is 20.5. The van der Waals surface area contributed by atoms with Crippen LogP contribution in [0.3, 0.4) is 0 Å². The van der Waals surface area contributed by atoms with Crippen molar-refractivity contribution in [2.45, 2.75) is 13.2 Å². The van der Waals surface area contributed by atoms with Crippen LogP contribution in [-0.4, -0.2) is 12.2 Å². The third kappa shape index (κ3) is 4.03. The zero-order valence-electron chi connectivity index (χ0n) is 7.76. The molecule has 0 aliphatic carbocycles. The quantitative estimate of drug-likeness (QED) is 0.755. The largest absolute Gasteiger partial charge is 0.459 e. The van der Waals surface area contributed by atoms with Crippen LogP contribution in [0.15, 0.2) is 16.5 Å². The molecule has 0 saturated heterocycles. The summed E-state index contributed by atoms with van der Waals surface area (Å²) >= 11 is 0. The second kappa shape index (κ2) is 4.89. The van der Waals surface area contributed by atoms with Crippen LogP contribution in [0.25, 0.3) is 0 Å². The number of nitrogens with two attached hydrogens (primary N) is 2. The molecule has 0 saturated carbocycles. The minimum absolute atomic E-state index is 0.0636. The van der Waals surface area contributed by atoms with E-state index in [0.717, 1.165) is 0 Å². The smallest absolute Gasteiger partial charge is 0.404 e. The molecule has 82 valence electrons. The fourth-order valence-electron chi connectivity index (χ4n) is 0.862. The van der Waals surface area contributed by atoms with E-state index in [9.17, 15) is 9.59 Å². The Bertz CT molecular complexity index is 327. The summed E-state index contributed by atoms with van der Waals surface area (Å²) in [6, 6.07) is 3.14. The van der Waals surface area contributed by atoms with Gasteiger partial charge in [0, 0.05) is 0 Å². The molecule has 2 amide bonds. The van der Waals surface area contributed by atoms with Gasteiger partial charge in [0.05, 0.1) is 0 Å². The first-order valence-electron chi connectivity index (χ1n) is 4.00. The lowest BCUT2D eigenvalue weighted by atomic mass is 10.4. The van der Waals surface area contributed by atoms with Gasteiger partial charge in [-0.2, -0.15) is 0 Å². The highest BCUT2D eigenvalue weighted by atomic mass is 16.6. The van der Waals surface area contributed by atoms with Crippen molar-refractivity contribution < 1.29 is 23.5 Å². The lowest BCUT2D eigenvalue weighted by molar-refractivity contribution is 0.131. The van der Waals surface area contributed by atoms with Crippen LogP contribution in [0.1, 0.15) is 11.5 Å². The van der Waals surface area contributed by atoms with Gasteiger partial charge >= 0.3 is 12.2 Å². The molecule has 0 fully saturated rings. The Morgan fingerprint density at radius 3 is 1.80 bits per heavy atom. The molecule has 0 aliphatic heterocycles. The summed E-state index contributed by atoms with van der Waals surface area (Å²) in [5, 5.41) is 0. The summed E-state index contributed by atoms with van der Waals surface area (Å²) in [7, 11) is 0. The van der Waals surface area contributed by atoms with Crippen molar-refractivity contribution in [2.24, 2.45) is 11.5 Å². The Hall–Kier alpha value is -2.18. The Kier molecular flexibility index (Phi) is 3.55. The van der Waals surface area contributed by atoms with E-state index in [2.05, 4.69) is 9.47 Å². The van der Waals surface area contributed by atoms with Crippen LogP contribution in [0.4, 0.5) is 9.59 Å². The van der Waals surface area contributed by atoms with Gasteiger partial charge in [-0.1, -0.05) is 0 Å². The van der Waals surface area contributed by atoms with E-state index in [4.69, 9.17) is 15.9 Å². The maximum Gasteiger partial charge on any atom is 0.404 e. The molecule has 15 heavy (non-hydrogen) atoms. The number of hydrogen-bond donors (Lipinski definition) is 2. The van der Waals surface area contributed by atoms with E-state index >= 15 is 0 Å². The van der Waals surface area contributed by atoms with Gasteiger partial charge in [-0.25, -0.2) is 9.59 Å². The number of carbonyl (C=O) groups excluding carboxylic acids is 2. The van der Waals surface area contributed by atoms with Crippen LogP contribution in [-0.2, 0) is 22.7 Å². The van der Waals surface area contributed by atoms with Crippen LogP contribution in [0, 0.1) is 0 Å². The zero-order chi connectivity index (χ0) is 11.3. The molecule has 0 bridgehead atoms. The van der Waals surface area contributed by atoms with Crippen molar-refractivity contribution in [3.8, 4) is 0 Å². The predicted octanol–water partition coefficient (Wildman–Crippen LogP) is 0.470. The van der Waals surface area contributed by atoms with Crippen LogP contribution in [0.5, 0.6) is 0 Å². The van der Waals surface area contributed by atoms with E-state index < -0.39 is 12.2 Å². The van der Waals surface area contributed by atoms with E-state index in [1.54, 1.807) is 12.1 Å². The van der Waals surface area contributed by atoms with Crippen molar-refractivity contribution in [1.29, 1.82) is 0 Å². The zero-order valence-corrected chi connectivity index (χ0v) is 7.76. The van der Waals surface area contributed by atoms with Crippen molar-refractivity contribution in [3.05, 3.63) is 23.7 Å². The summed E-state index contributed by atoms with van der Waals surface area (Å²) in [6.07, 6.45) is -1.78. The molecule has 1 aromatic heterocycles. The third-order valence-electron chi connectivity index (χ3n) is 1.43. The SMILES string of the molecule is NC(=O)OCc1ccc(COC(N)=O)o1. The van der Waals surface area contributed by atoms with Crippen LogP contribution >= 0.6 is 0 Å². The molecule has 1 rings (SSSR count). The summed E-state index contributed by atoms with van der Waals surface area (Å²) in [6.45, 7) is -0.127. The number of furan rings is 1. The van der Waals surface area contributed by atoms with E-state index in [0.29, 0.717) is 11.5 Å². The standard InChI is InChI=1S/C8H10N2O5/c9-7(11)13-3-5-1-2-6(15-5)4-14-8(10)12/h1-2H,3-4H2,(H2,9,11)(H2,10,12). The molecule has 0 unspecified atom stereocenters. The van der Waals surface area contributed by atoms with Gasteiger partial charge in [0.25, 0.3) is 0 Å². The molecule has 7 nitrogen and oxygen atoms in total. The number of amides is 2. The van der Waals surface area contributed by atoms with Gasteiger partial charge in [0.2, 0.25) is 0 Å². The molecule has 4 N–H and O–H groups in total. The molecule has 0 radical (unpaired) electrons. The number of ether oxygens (including phenoxy) is 2. The van der Waals surface area contributed by atoms with Gasteiger partial charge in [-0.05, 0) is 12.1 Å². The van der Waals surface area contributed by atoms with E-state index in [1.165, 1.54) is 0 Å². The predicted molar refractivity (Wildman–Crippen MR) is 47.5 cm³/mol. The maximum absolute atomic E-state index is 10.3. The molecule has 7 heteroatoms. The Morgan fingerprint density at radius 2 is 1.47 bits per heavy atom. The van der Waals surface area contributed by atoms with Gasteiger partial charge < -0.3 is 25.4 Å². The summed E-state index contributed by atoms with van der Waals surface area (Å²) in [5.74, 6) is 0.800. The molecule has 0 aliphatic rings. The van der Waals surface area contributed by atoms with Crippen molar-refractivity contribution in [1.82, 2.24) is 0 Å². The van der Waals surface area contributed by atoms with Crippen molar-refractivity contribution in [3.63, 3.8) is 0 Å². The lowest BCUT2D eigenvalue weighted by Gasteiger charge is -1.98. The molecular weight excluding hydrogens is 204 g/mol. The number of rotatable bonds is 4. The van der Waals surface area contributed by atoms with Crippen molar-refractivity contribution in [2.75, 3.05) is 0 Å². The van der Waals surface area contributed by atoms with Crippen LogP contribution in [0.2, 0.25) is 0 Å². The van der Waals surface area contributed by atoms with Gasteiger partial charge in [0.1, 0.15) is 11.5 Å². The average molecular weight is 214 g/mol. The Labute approximate surface area is 84.9 Å². The first-order chi connectivity index (χ1) is 7.08. The Balaban J connectivity index is 2.41. The molecular formula is C8H10N2O5. The first-order valence-corrected chi connectivity index (χ1v) is 4.00. The Morgan fingerprint density at radius 1 is 1.07 bits per heavy atom. The molecule has 1 heterocycles. The minimum atomic E-state index is -0.888. The fraction of sp³-hybridized carbons (Fsp3) is 0.250. The second-order valence-electron chi connectivity index (χ2n) is 2.58. The van der Waals surface area contributed by atoms with E-state index in [1.807, 2.05) is 0 Å². The van der Waals surface area contributed by atoms with Gasteiger partial charge in [-0.3, -0.25) is 0 Å². The maximum atomic E-state index is 10.3. The second-order valence-corrected chi connectivity index (χ2v) is 2.58. The molecule has 0 aromatic carbocycles. The summed E-state index contributed by atoms with van der Waals surface area (Å²) < 4.78 is 14.1. The van der Waals surface area contributed by atoms with Gasteiger partial charge in [0.15, 0.2) is 13.2 Å². The van der Waals surface area contributed by atoms with E-state index in [-0.39, 0.29) is 13.2 Å². The average Bonchev–Trinajstić information content (AvgIpc) is 2.59. The highest BCUT2D eigenvalue weighted by molar-refractivity contribution is 5.64. The molecule has 1 aromatic rings. The van der Waals surface area contributed by atoms with Crippen molar-refractivity contribution >= 4 is 12.2 Å². The normalized spacial score (nSPS) is 9.60. The monoisotopic (exact) mass is 214 g/mol. The number of hydrogen-bond acceptors (Lipinski definition) is 5. The third-order valence-corrected chi connectivity index (χ3v) is 1.43. The first kappa shape index (κ1) is 10.9. The summed E-state index contributed by atoms with van der Waals surface area (Å²) in [5.41, 5.74) is 9.51. The minimum Gasteiger partial charge on any atom is -0.459 e. The molecule has 0 atom stereocenters. The topological polar surface area (TPSA) is 118 Å². The number of primary amides is 2. The molecule has 0 spiro atoms. The lowest BCUT2D eigenvalue weighted by Crippen LogP contribution is -2.12.